The lowest BCUT2D eigenvalue weighted by molar-refractivity contribution is -0.127. The molecule has 2 heterocycles. The van der Waals surface area contributed by atoms with E-state index in [4.69, 9.17) is 0 Å². The summed E-state index contributed by atoms with van der Waals surface area (Å²) < 4.78 is 27.0. The largest absolute Gasteiger partial charge is 0.353 e. The lowest BCUT2D eigenvalue weighted by Crippen LogP contribution is -2.48. The number of hydrogen-bond acceptors (Lipinski definition) is 4. The minimum absolute atomic E-state index is 0.0289. The number of amides is 1. The van der Waals surface area contributed by atoms with Crippen molar-refractivity contribution in [3.8, 4) is 0 Å². The van der Waals surface area contributed by atoms with Crippen molar-refractivity contribution in [3.63, 3.8) is 0 Å². The van der Waals surface area contributed by atoms with E-state index in [0.717, 1.165) is 37.1 Å². The third kappa shape index (κ3) is 5.53. The van der Waals surface area contributed by atoms with Gasteiger partial charge in [-0.1, -0.05) is 29.8 Å². The molecule has 150 valence electrons. The summed E-state index contributed by atoms with van der Waals surface area (Å²) in [4.78, 5) is 14.8. The van der Waals surface area contributed by atoms with Crippen LogP contribution in [-0.4, -0.2) is 62.8 Å². The van der Waals surface area contributed by atoms with E-state index < -0.39 is 10.0 Å². The molecule has 27 heavy (non-hydrogen) atoms. The average molecular weight is 394 g/mol. The number of benzene rings is 1. The standard InChI is InChI=1S/C20H31N3O3S/c1-16-4-3-5-17(14-16)15-27(25,26)23-12-6-18(7-13-23)20(24)21-19-8-10-22(2)11-9-19/h3-5,14,18-19H,6-13,15H2,1-2H3,(H,21,24). The zero-order chi connectivity index (χ0) is 19.4. The predicted molar refractivity (Wildman–Crippen MR) is 107 cm³/mol. The van der Waals surface area contributed by atoms with E-state index in [0.29, 0.717) is 25.9 Å². The smallest absolute Gasteiger partial charge is 0.223 e. The zero-order valence-electron chi connectivity index (χ0n) is 16.4. The van der Waals surface area contributed by atoms with E-state index in [-0.39, 0.29) is 23.6 Å². The van der Waals surface area contributed by atoms with Crippen LogP contribution in [-0.2, 0) is 20.6 Å². The summed E-state index contributed by atoms with van der Waals surface area (Å²) in [5.74, 6) is 0.0524. The van der Waals surface area contributed by atoms with Gasteiger partial charge in [0.2, 0.25) is 15.9 Å². The molecule has 1 amide bonds. The molecule has 2 aliphatic rings. The summed E-state index contributed by atoms with van der Waals surface area (Å²) >= 11 is 0. The molecule has 2 saturated heterocycles. The van der Waals surface area contributed by atoms with Crippen molar-refractivity contribution < 1.29 is 13.2 Å². The highest BCUT2D eigenvalue weighted by Crippen LogP contribution is 2.23. The van der Waals surface area contributed by atoms with Gasteiger partial charge < -0.3 is 10.2 Å². The first-order chi connectivity index (χ1) is 12.8. The maximum Gasteiger partial charge on any atom is 0.223 e. The molecule has 2 fully saturated rings. The van der Waals surface area contributed by atoms with Gasteiger partial charge in [0.15, 0.2) is 0 Å². The topological polar surface area (TPSA) is 69.7 Å². The van der Waals surface area contributed by atoms with Crippen molar-refractivity contribution in [1.29, 1.82) is 0 Å². The van der Waals surface area contributed by atoms with Gasteiger partial charge in [-0.15, -0.1) is 0 Å². The second kappa shape index (κ2) is 8.71. The molecule has 0 spiro atoms. The molecular formula is C20H31N3O3S. The summed E-state index contributed by atoms with van der Waals surface area (Å²) in [7, 11) is -1.24. The number of rotatable bonds is 5. The number of carbonyl (C=O) groups is 1. The maximum absolute atomic E-state index is 12.7. The summed E-state index contributed by atoms with van der Waals surface area (Å²) in [5, 5.41) is 3.18. The molecule has 6 nitrogen and oxygen atoms in total. The third-order valence-corrected chi connectivity index (χ3v) is 7.56. The molecule has 0 unspecified atom stereocenters. The van der Waals surface area contributed by atoms with E-state index in [1.165, 1.54) is 0 Å². The molecule has 0 radical (unpaired) electrons. The van der Waals surface area contributed by atoms with Crippen LogP contribution in [0.4, 0.5) is 0 Å². The van der Waals surface area contributed by atoms with Crippen molar-refractivity contribution in [1.82, 2.24) is 14.5 Å². The van der Waals surface area contributed by atoms with Gasteiger partial charge in [-0.05, 0) is 58.3 Å². The van der Waals surface area contributed by atoms with Gasteiger partial charge >= 0.3 is 0 Å². The Hall–Kier alpha value is -1.44. The molecular weight excluding hydrogens is 362 g/mol. The van der Waals surface area contributed by atoms with Crippen LogP contribution in [0.15, 0.2) is 24.3 Å². The predicted octanol–water partition coefficient (Wildman–Crippen LogP) is 1.75. The number of hydrogen-bond donors (Lipinski definition) is 1. The van der Waals surface area contributed by atoms with Gasteiger partial charge in [-0.25, -0.2) is 12.7 Å². The van der Waals surface area contributed by atoms with Crippen LogP contribution in [0.25, 0.3) is 0 Å². The van der Waals surface area contributed by atoms with Crippen LogP contribution in [0.2, 0.25) is 0 Å². The van der Waals surface area contributed by atoms with Gasteiger partial charge in [-0.2, -0.15) is 0 Å². The number of nitrogens with zero attached hydrogens (tertiary/aromatic N) is 2. The van der Waals surface area contributed by atoms with Crippen molar-refractivity contribution >= 4 is 15.9 Å². The van der Waals surface area contributed by atoms with Crippen molar-refractivity contribution in [2.24, 2.45) is 5.92 Å². The van der Waals surface area contributed by atoms with Crippen LogP contribution in [0, 0.1) is 12.8 Å². The van der Waals surface area contributed by atoms with E-state index in [1.54, 1.807) is 4.31 Å². The molecule has 7 heteroatoms. The van der Waals surface area contributed by atoms with Crippen LogP contribution in [0.3, 0.4) is 0 Å². The van der Waals surface area contributed by atoms with Gasteiger partial charge in [0, 0.05) is 25.0 Å². The highest BCUT2D eigenvalue weighted by atomic mass is 32.2. The number of nitrogens with one attached hydrogen (secondary N) is 1. The quantitative estimate of drug-likeness (QED) is 0.827. The first-order valence-corrected chi connectivity index (χ1v) is 11.5. The number of carbonyl (C=O) groups excluding carboxylic acids is 1. The van der Waals surface area contributed by atoms with Crippen LogP contribution < -0.4 is 5.32 Å². The number of sulfonamides is 1. The van der Waals surface area contributed by atoms with E-state index >= 15 is 0 Å². The van der Waals surface area contributed by atoms with Gasteiger partial charge in [0.05, 0.1) is 5.75 Å². The van der Waals surface area contributed by atoms with Crippen molar-refractivity contribution in [2.45, 2.75) is 44.4 Å². The molecule has 0 saturated carbocycles. The fourth-order valence-electron chi connectivity index (χ4n) is 3.97. The first-order valence-electron chi connectivity index (χ1n) is 9.86. The minimum Gasteiger partial charge on any atom is -0.353 e. The Balaban J connectivity index is 1.49. The molecule has 0 aliphatic carbocycles. The molecule has 0 aromatic heterocycles. The molecule has 2 aliphatic heterocycles. The average Bonchev–Trinajstić information content (AvgIpc) is 2.63. The lowest BCUT2D eigenvalue weighted by Gasteiger charge is -2.33. The monoisotopic (exact) mass is 393 g/mol. The summed E-state index contributed by atoms with van der Waals surface area (Å²) in [6.07, 6.45) is 3.19. The van der Waals surface area contributed by atoms with Crippen molar-refractivity contribution in [3.05, 3.63) is 35.4 Å². The van der Waals surface area contributed by atoms with Gasteiger partial charge in [0.1, 0.15) is 0 Å². The molecule has 0 atom stereocenters. The highest BCUT2D eigenvalue weighted by molar-refractivity contribution is 7.88. The first kappa shape index (κ1) is 20.3. The normalized spacial score (nSPS) is 21.3. The van der Waals surface area contributed by atoms with E-state index in [9.17, 15) is 13.2 Å². The Morgan fingerprint density at radius 1 is 1.11 bits per heavy atom. The molecule has 1 aromatic rings. The Morgan fingerprint density at radius 3 is 2.41 bits per heavy atom. The third-order valence-electron chi connectivity index (χ3n) is 5.71. The number of piperidine rings is 2. The van der Waals surface area contributed by atoms with Gasteiger partial charge in [0.25, 0.3) is 0 Å². The second-order valence-corrected chi connectivity index (χ2v) is 9.97. The van der Waals surface area contributed by atoms with E-state index in [2.05, 4.69) is 17.3 Å². The molecule has 0 bridgehead atoms. The second-order valence-electron chi connectivity index (χ2n) is 8.00. The maximum atomic E-state index is 12.7. The Kier molecular flexibility index (Phi) is 6.55. The number of likely N-dealkylation sites (tertiary alicyclic amines) is 1. The molecule has 1 N–H and O–H groups in total. The minimum atomic E-state index is -3.34. The summed E-state index contributed by atoms with van der Waals surface area (Å²) in [6.45, 7) is 4.85. The van der Waals surface area contributed by atoms with Crippen LogP contribution in [0.5, 0.6) is 0 Å². The van der Waals surface area contributed by atoms with Crippen molar-refractivity contribution in [2.75, 3.05) is 33.2 Å². The zero-order valence-corrected chi connectivity index (χ0v) is 17.2. The Morgan fingerprint density at radius 2 is 1.78 bits per heavy atom. The summed E-state index contributed by atoms with van der Waals surface area (Å²) in [6, 6.07) is 7.88. The fraction of sp³-hybridized carbons (Fsp3) is 0.650. The molecule has 3 rings (SSSR count). The SMILES string of the molecule is Cc1cccc(CS(=O)(=O)N2CCC(C(=O)NC3CCN(C)CC3)CC2)c1. The Bertz CT molecular complexity index is 749. The van der Waals surface area contributed by atoms with Gasteiger partial charge in [-0.3, -0.25) is 4.79 Å². The highest BCUT2D eigenvalue weighted by Gasteiger charge is 2.32. The fourth-order valence-corrected chi connectivity index (χ4v) is 5.52. The van der Waals surface area contributed by atoms with Crippen LogP contribution in [0.1, 0.15) is 36.8 Å². The number of aryl methyl sites for hydroxylation is 1. The Labute approximate surface area is 163 Å². The van der Waals surface area contributed by atoms with E-state index in [1.807, 2.05) is 31.2 Å². The van der Waals surface area contributed by atoms with Crippen LogP contribution >= 0.6 is 0 Å². The summed E-state index contributed by atoms with van der Waals surface area (Å²) in [5.41, 5.74) is 1.88. The molecule has 1 aromatic carbocycles. The lowest BCUT2D eigenvalue weighted by atomic mass is 9.96.